The molecule has 0 N–H and O–H groups in total. The number of carbonyl (C=O) groups excluding carboxylic acids is 1. The summed E-state index contributed by atoms with van der Waals surface area (Å²) in [5, 5.41) is 9.37. The van der Waals surface area contributed by atoms with E-state index in [1.54, 1.807) is 0 Å². The molecule has 3 heterocycles. The van der Waals surface area contributed by atoms with Gasteiger partial charge in [0, 0.05) is 36.5 Å². The summed E-state index contributed by atoms with van der Waals surface area (Å²) in [7, 11) is 1.98. The summed E-state index contributed by atoms with van der Waals surface area (Å²) in [5.74, 6) is 3.60. The number of benzene rings is 1. The number of rotatable bonds is 7. The van der Waals surface area contributed by atoms with E-state index in [2.05, 4.69) is 14.8 Å². The van der Waals surface area contributed by atoms with E-state index >= 15 is 0 Å². The van der Waals surface area contributed by atoms with Crippen LogP contribution in [0.25, 0.3) is 0 Å². The van der Waals surface area contributed by atoms with E-state index in [-0.39, 0.29) is 12.6 Å². The Kier molecular flexibility index (Phi) is 4.81. The molecule has 2 aromatic heterocycles. The number of aryl methyl sites for hydroxylation is 1. The van der Waals surface area contributed by atoms with Crippen LogP contribution in [0.3, 0.4) is 0 Å². The van der Waals surface area contributed by atoms with Gasteiger partial charge in [-0.1, -0.05) is 17.8 Å². The Labute approximate surface area is 179 Å². The van der Waals surface area contributed by atoms with Gasteiger partial charge in [-0.05, 0) is 50.5 Å². The minimum Gasteiger partial charge on any atom is -0.454 e. The third-order valence-corrected chi connectivity index (χ3v) is 6.82. The molecule has 3 aromatic rings. The molecule has 0 radical (unpaired) electrons. The first-order chi connectivity index (χ1) is 14.5. The van der Waals surface area contributed by atoms with Crippen LogP contribution in [0.4, 0.5) is 0 Å². The van der Waals surface area contributed by atoms with Gasteiger partial charge in [0.25, 0.3) is 0 Å². The maximum atomic E-state index is 12.9. The molecule has 0 unspecified atom stereocenters. The number of thioether (sulfide) groups is 1. The Bertz CT molecular complexity index is 1130. The highest BCUT2D eigenvalue weighted by Gasteiger charge is 2.29. The SMILES string of the molecule is Cc1cc(C(=O)CSc2nnc(C3CC3)n2C)c(C)n1Cc1ccc2c(c1)OCO2. The first-order valence-corrected chi connectivity index (χ1v) is 11.1. The third kappa shape index (κ3) is 3.49. The fraction of sp³-hybridized carbons (Fsp3) is 0.409. The van der Waals surface area contributed by atoms with Crippen molar-refractivity contribution in [1.29, 1.82) is 0 Å². The molecular formula is C22H24N4O3S. The Morgan fingerprint density at radius 1 is 1.17 bits per heavy atom. The van der Waals surface area contributed by atoms with Crippen LogP contribution in [0.5, 0.6) is 11.5 Å². The summed E-state index contributed by atoms with van der Waals surface area (Å²) in [4.78, 5) is 12.9. The van der Waals surface area contributed by atoms with Crippen molar-refractivity contribution in [3.05, 3.63) is 52.6 Å². The molecule has 0 saturated heterocycles. The highest BCUT2D eigenvalue weighted by atomic mass is 32.2. The predicted molar refractivity (Wildman–Crippen MR) is 114 cm³/mol. The lowest BCUT2D eigenvalue weighted by atomic mass is 10.1. The van der Waals surface area contributed by atoms with Gasteiger partial charge in [0.05, 0.1) is 5.75 Å². The lowest BCUT2D eigenvalue weighted by Gasteiger charge is -2.10. The van der Waals surface area contributed by atoms with E-state index in [4.69, 9.17) is 9.47 Å². The van der Waals surface area contributed by atoms with Crippen molar-refractivity contribution in [2.24, 2.45) is 7.05 Å². The van der Waals surface area contributed by atoms with E-state index in [0.29, 0.717) is 18.2 Å². The van der Waals surface area contributed by atoms with Crippen molar-refractivity contribution in [3.63, 3.8) is 0 Å². The molecule has 156 valence electrons. The highest BCUT2D eigenvalue weighted by Crippen LogP contribution is 2.39. The number of Topliss-reactive ketones (excluding diaryl/α,β-unsaturated/α-hetero) is 1. The van der Waals surface area contributed by atoms with Crippen LogP contribution < -0.4 is 9.47 Å². The van der Waals surface area contributed by atoms with Gasteiger partial charge < -0.3 is 18.6 Å². The zero-order valence-electron chi connectivity index (χ0n) is 17.3. The molecule has 5 rings (SSSR count). The van der Waals surface area contributed by atoms with Crippen LogP contribution in [0.1, 0.15) is 51.9 Å². The average Bonchev–Trinajstić information content (AvgIpc) is 3.25. The standard InChI is InChI=1S/C22H24N4O3S/c1-13-8-17(18(27)11-30-22-24-23-21(25(22)3)16-5-6-16)14(2)26(13)10-15-4-7-19-20(9-15)29-12-28-19/h4,7-9,16H,5-6,10-12H2,1-3H3. The van der Waals surface area contributed by atoms with E-state index in [1.807, 2.05) is 49.7 Å². The van der Waals surface area contributed by atoms with Crippen molar-refractivity contribution < 1.29 is 14.3 Å². The topological polar surface area (TPSA) is 71.2 Å². The molecule has 8 heteroatoms. The summed E-state index contributed by atoms with van der Waals surface area (Å²) in [5.41, 5.74) is 3.92. The smallest absolute Gasteiger partial charge is 0.231 e. The molecule has 1 fully saturated rings. The van der Waals surface area contributed by atoms with Gasteiger partial charge in [-0.15, -0.1) is 10.2 Å². The zero-order chi connectivity index (χ0) is 20.8. The maximum Gasteiger partial charge on any atom is 0.231 e. The Morgan fingerprint density at radius 2 is 1.97 bits per heavy atom. The van der Waals surface area contributed by atoms with Crippen molar-refractivity contribution in [2.75, 3.05) is 12.5 Å². The van der Waals surface area contributed by atoms with Crippen molar-refractivity contribution >= 4 is 17.5 Å². The molecule has 0 amide bonds. The van der Waals surface area contributed by atoms with Gasteiger partial charge in [-0.2, -0.15) is 0 Å². The Balaban J connectivity index is 1.30. The van der Waals surface area contributed by atoms with Gasteiger partial charge in [-0.25, -0.2) is 0 Å². The largest absolute Gasteiger partial charge is 0.454 e. The quantitative estimate of drug-likeness (QED) is 0.424. The number of nitrogens with zero attached hydrogens (tertiary/aromatic N) is 4. The van der Waals surface area contributed by atoms with Gasteiger partial charge >= 0.3 is 0 Å². The van der Waals surface area contributed by atoms with E-state index in [0.717, 1.165) is 45.0 Å². The molecule has 0 bridgehead atoms. The number of carbonyl (C=O) groups is 1. The van der Waals surface area contributed by atoms with E-state index in [1.165, 1.54) is 24.6 Å². The lowest BCUT2D eigenvalue weighted by molar-refractivity contribution is 0.102. The number of fused-ring (bicyclic) bond motifs is 1. The first kappa shape index (κ1) is 19.2. The highest BCUT2D eigenvalue weighted by molar-refractivity contribution is 7.99. The molecule has 0 atom stereocenters. The summed E-state index contributed by atoms with van der Waals surface area (Å²) >= 11 is 1.46. The average molecular weight is 425 g/mol. The second-order valence-corrected chi connectivity index (χ2v) is 8.89. The first-order valence-electron chi connectivity index (χ1n) is 10.1. The lowest BCUT2D eigenvalue weighted by Crippen LogP contribution is -2.08. The van der Waals surface area contributed by atoms with Crippen molar-refractivity contribution in [3.8, 4) is 11.5 Å². The molecule has 1 aromatic carbocycles. The Hall–Kier alpha value is -2.74. The normalized spacial score (nSPS) is 15.0. The van der Waals surface area contributed by atoms with Crippen LogP contribution in [0, 0.1) is 13.8 Å². The predicted octanol–water partition coefficient (Wildman–Crippen LogP) is 3.86. The number of ether oxygens (including phenoxy) is 2. The fourth-order valence-corrected chi connectivity index (χ4v) is 4.71. The number of hydrogen-bond acceptors (Lipinski definition) is 6. The summed E-state index contributed by atoms with van der Waals surface area (Å²) in [6.45, 7) is 4.99. The van der Waals surface area contributed by atoms with Crippen molar-refractivity contribution in [2.45, 2.75) is 44.3 Å². The van der Waals surface area contributed by atoms with Crippen LogP contribution in [0.2, 0.25) is 0 Å². The molecule has 0 spiro atoms. The third-order valence-electron chi connectivity index (χ3n) is 5.80. The number of aromatic nitrogens is 4. The summed E-state index contributed by atoms with van der Waals surface area (Å²) in [6, 6.07) is 7.96. The Morgan fingerprint density at radius 3 is 2.77 bits per heavy atom. The van der Waals surface area contributed by atoms with Crippen LogP contribution in [-0.2, 0) is 13.6 Å². The fourth-order valence-electron chi connectivity index (χ4n) is 3.91. The van der Waals surface area contributed by atoms with Gasteiger partial charge in [0.2, 0.25) is 6.79 Å². The monoisotopic (exact) mass is 424 g/mol. The molecule has 1 aliphatic carbocycles. The maximum absolute atomic E-state index is 12.9. The minimum absolute atomic E-state index is 0.112. The number of hydrogen-bond donors (Lipinski definition) is 0. The molecule has 7 nitrogen and oxygen atoms in total. The van der Waals surface area contributed by atoms with E-state index in [9.17, 15) is 4.79 Å². The van der Waals surface area contributed by atoms with Gasteiger partial charge in [0.15, 0.2) is 22.4 Å². The van der Waals surface area contributed by atoms with Crippen LogP contribution in [0.15, 0.2) is 29.4 Å². The number of ketones is 1. The van der Waals surface area contributed by atoms with Gasteiger partial charge in [-0.3, -0.25) is 4.79 Å². The van der Waals surface area contributed by atoms with E-state index < -0.39 is 0 Å². The molecule has 2 aliphatic rings. The summed E-state index contributed by atoms with van der Waals surface area (Å²) in [6.07, 6.45) is 2.37. The van der Waals surface area contributed by atoms with Crippen molar-refractivity contribution in [1.82, 2.24) is 19.3 Å². The molecular weight excluding hydrogens is 400 g/mol. The molecule has 30 heavy (non-hydrogen) atoms. The second kappa shape index (κ2) is 7.50. The zero-order valence-corrected chi connectivity index (χ0v) is 18.2. The van der Waals surface area contributed by atoms with Gasteiger partial charge in [0.1, 0.15) is 5.82 Å². The molecule has 1 saturated carbocycles. The van der Waals surface area contributed by atoms with Crippen LogP contribution >= 0.6 is 11.8 Å². The second-order valence-electron chi connectivity index (χ2n) is 7.94. The van der Waals surface area contributed by atoms with Crippen LogP contribution in [-0.4, -0.2) is 37.7 Å². The summed E-state index contributed by atoms with van der Waals surface area (Å²) < 4.78 is 15.1. The minimum atomic E-state index is 0.112. The molecule has 1 aliphatic heterocycles.